The molecule has 22 heavy (non-hydrogen) atoms. The van der Waals surface area contributed by atoms with Gasteiger partial charge in [0.15, 0.2) is 5.69 Å². The first-order valence-electron chi connectivity index (χ1n) is 6.50. The summed E-state index contributed by atoms with van der Waals surface area (Å²) in [5.41, 5.74) is 8.11. The van der Waals surface area contributed by atoms with Gasteiger partial charge < -0.3 is 10.8 Å². The van der Waals surface area contributed by atoms with E-state index in [1.165, 1.54) is 35.0 Å². The molecule has 1 aromatic heterocycles. The molecule has 2 aromatic carbocycles. The standard InChI is InChI=1S/C16H12FN3O2/c17-11-3-7-13(8-4-11)20-15(9-14(19-20)16(21)22)10-1-5-12(18)6-2-10/h1-9H,18H2,(H,21,22). The third kappa shape index (κ3) is 2.54. The molecule has 3 rings (SSSR count). The zero-order valence-corrected chi connectivity index (χ0v) is 11.4. The molecule has 110 valence electrons. The summed E-state index contributed by atoms with van der Waals surface area (Å²) < 4.78 is 14.5. The van der Waals surface area contributed by atoms with Gasteiger partial charge in [0.1, 0.15) is 5.82 Å². The molecular weight excluding hydrogens is 285 g/mol. The lowest BCUT2D eigenvalue weighted by molar-refractivity contribution is 0.0690. The molecule has 1 heterocycles. The van der Waals surface area contributed by atoms with Crippen molar-refractivity contribution in [2.45, 2.75) is 0 Å². The average molecular weight is 297 g/mol. The molecule has 0 radical (unpaired) electrons. The molecule has 0 saturated carbocycles. The van der Waals surface area contributed by atoms with Crippen molar-refractivity contribution >= 4 is 11.7 Å². The SMILES string of the molecule is Nc1ccc(-c2cc(C(=O)O)nn2-c2ccc(F)cc2)cc1. The van der Waals surface area contributed by atoms with Crippen molar-refractivity contribution in [3.05, 3.63) is 66.1 Å². The van der Waals surface area contributed by atoms with Gasteiger partial charge in [0.2, 0.25) is 0 Å². The van der Waals surface area contributed by atoms with Gasteiger partial charge >= 0.3 is 5.97 Å². The Kier molecular flexibility index (Phi) is 3.34. The Hall–Kier alpha value is -3.15. The second-order valence-corrected chi connectivity index (χ2v) is 4.73. The largest absolute Gasteiger partial charge is 0.476 e. The van der Waals surface area contributed by atoms with E-state index in [1.54, 1.807) is 24.3 Å². The van der Waals surface area contributed by atoms with Gasteiger partial charge in [0.05, 0.1) is 11.4 Å². The number of nitrogen functional groups attached to an aromatic ring is 1. The van der Waals surface area contributed by atoms with Crippen molar-refractivity contribution in [2.24, 2.45) is 0 Å². The van der Waals surface area contributed by atoms with E-state index in [2.05, 4.69) is 5.10 Å². The molecule has 3 aromatic rings. The van der Waals surface area contributed by atoms with Crippen LogP contribution in [0, 0.1) is 5.82 Å². The Morgan fingerprint density at radius 3 is 2.32 bits per heavy atom. The predicted molar refractivity (Wildman–Crippen MR) is 80.3 cm³/mol. The quantitative estimate of drug-likeness (QED) is 0.728. The van der Waals surface area contributed by atoms with E-state index in [4.69, 9.17) is 10.8 Å². The Morgan fingerprint density at radius 1 is 1.09 bits per heavy atom. The zero-order chi connectivity index (χ0) is 15.7. The Bertz CT molecular complexity index is 761. The van der Waals surface area contributed by atoms with Crippen molar-refractivity contribution in [3.63, 3.8) is 0 Å². The van der Waals surface area contributed by atoms with Gasteiger partial charge in [0.25, 0.3) is 0 Å². The third-order valence-electron chi connectivity index (χ3n) is 3.21. The van der Waals surface area contributed by atoms with Gasteiger partial charge in [-0.15, -0.1) is 0 Å². The molecule has 0 saturated heterocycles. The fraction of sp³-hybridized carbons (Fsp3) is 0. The number of hydrogen-bond acceptors (Lipinski definition) is 3. The number of rotatable bonds is 3. The molecule has 0 unspecified atom stereocenters. The third-order valence-corrected chi connectivity index (χ3v) is 3.21. The van der Waals surface area contributed by atoms with Crippen LogP contribution in [0.1, 0.15) is 10.5 Å². The average Bonchev–Trinajstić information content (AvgIpc) is 2.94. The molecule has 0 amide bonds. The number of hydrogen-bond donors (Lipinski definition) is 2. The van der Waals surface area contributed by atoms with E-state index in [0.717, 1.165) is 5.56 Å². The second-order valence-electron chi connectivity index (χ2n) is 4.73. The number of halogens is 1. The Morgan fingerprint density at radius 2 is 1.73 bits per heavy atom. The number of nitrogens with two attached hydrogens (primary N) is 1. The van der Waals surface area contributed by atoms with Crippen molar-refractivity contribution in [2.75, 3.05) is 5.73 Å². The molecule has 0 spiro atoms. The van der Waals surface area contributed by atoms with Crippen LogP contribution in [0.25, 0.3) is 16.9 Å². The summed E-state index contributed by atoms with van der Waals surface area (Å²) >= 11 is 0. The van der Waals surface area contributed by atoms with Crippen molar-refractivity contribution in [1.29, 1.82) is 0 Å². The number of aromatic carboxylic acids is 1. The fourth-order valence-corrected chi connectivity index (χ4v) is 2.12. The van der Waals surface area contributed by atoms with E-state index in [0.29, 0.717) is 17.1 Å². The number of benzene rings is 2. The normalized spacial score (nSPS) is 10.6. The lowest BCUT2D eigenvalue weighted by atomic mass is 10.1. The van der Waals surface area contributed by atoms with Gasteiger partial charge in [-0.2, -0.15) is 5.10 Å². The highest BCUT2D eigenvalue weighted by Gasteiger charge is 2.15. The maximum Gasteiger partial charge on any atom is 0.356 e. The minimum atomic E-state index is -1.13. The van der Waals surface area contributed by atoms with E-state index in [-0.39, 0.29) is 11.5 Å². The number of carboxylic acids is 1. The highest BCUT2D eigenvalue weighted by atomic mass is 19.1. The van der Waals surface area contributed by atoms with Crippen LogP contribution >= 0.6 is 0 Å². The van der Waals surface area contributed by atoms with Crippen LogP contribution in [0.3, 0.4) is 0 Å². The molecule has 0 aliphatic carbocycles. The molecule has 0 aliphatic rings. The number of aromatic nitrogens is 2. The first-order chi connectivity index (χ1) is 10.5. The van der Waals surface area contributed by atoms with Crippen LogP contribution in [-0.4, -0.2) is 20.9 Å². The first kappa shape index (κ1) is 13.8. The van der Waals surface area contributed by atoms with Crippen molar-refractivity contribution in [1.82, 2.24) is 9.78 Å². The highest BCUT2D eigenvalue weighted by Crippen LogP contribution is 2.25. The van der Waals surface area contributed by atoms with E-state index in [9.17, 15) is 9.18 Å². The van der Waals surface area contributed by atoms with Crippen LogP contribution in [-0.2, 0) is 0 Å². The summed E-state index contributed by atoms with van der Waals surface area (Å²) in [4.78, 5) is 11.2. The summed E-state index contributed by atoms with van der Waals surface area (Å²) in [6.07, 6.45) is 0. The maximum absolute atomic E-state index is 13.1. The van der Waals surface area contributed by atoms with Crippen molar-refractivity contribution < 1.29 is 14.3 Å². The van der Waals surface area contributed by atoms with Gasteiger partial charge in [0, 0.05) is 11.3 Å². The van der Waals surface area contributed by atoms with E-state index in [1.807, 2.05) is 0 Å². The van der Waals surface area contributed by atoms with Crippen LogP contribution in [0.15, 0.2) is 54.6 Å². The van der Waals surface area contributed by atoms with E-state index < -0.39 is 5.97 Å². The minimum absolute atomic E-state index is 0.0869. The fourth-order valence-electron chi connectivity index (χ4n) is 2.12. The smallest absolute Gasteiger partial charge is 0.356 e. The summed E-state index contributed by atoms with van der Waals surface area (Å²) in [7, 11) is 0. The molecule has 5 nitrogen and oxygen atoms in total. The lowest BCUT2D eigenvalue weighted by Crippen LogP contribution is -2.02. The molecule has 0 fully saturated rings. The maximum atomic E-state index is 13.1. The number of anilines is 1. The summed E-state index contributed by atoms with van der Waals surface area (Å²) in [5, 5.41) is 13.2. The molecule has 0 atom stereocenters. The molecule has 3 N–H and O–H groups in total. The zero-order valence-electron chi connectivity index (χ0n) is 11.4. The Balaban J connectivity index is 2.17. The minimum Gasteiger partial charge on any atom is -0.476 e. The molecule has 6 heteroatoms. The van der Waals surface area contributed by atoms with Crippen LogP contribution < -0.4 is 5.73 Å². The van der Waals surface area contributed by atoms with Crippen LogP contribution in [0.2, 0.25) is 0 Å². The van der Waals surface area contributed by atoms with Gasteiger partial charge in [-0.1, -0.05) is 12.1 Å². The molecular formula is C16H12FN3O2. The Labute approximate surface area is 125 Å². The molecule has 0 bridgehead atoms. The predicted octanol–water partition coefficient (Wildman–Crippen LogP) is 2.96. The van der Waals surface area contributed by atoms with E-state index >= 15 is 0 Å². The van der Waals surface area contributed by atoms with Gasteiger partial charge in [-0.05, 0) is 42.5 Å². The monoisotopic (exact) mass is 297 g/mol. The lowest BCUT2D eigenvalue weighted by Gasteiger charge is -2.07. The summed E-state index contributed by atoms with van der Waals surface area (Å²) in [6.45, 7) is 0. The van der Waals surface area contributed by atoms with Crippen LogP contribution in [0.4, 0.5) is 10.1 Å². The summed E-state index contributed by atoms with van der Waals surface area (Å²) in [5.74, 6) is -1.50. The molecule has 0 aliphatic heterocycles. The van der Waals surface area contributed by atoms with Gasteiger partial charge in [-0.3, -0.25) is 0 Å². The first-order valence-corrected chi connectivity index (χ1v) is 6.50. The summed E-state index contributed by atoms with van der Waals surface area (Å²) in [6, 6.07) is 14.1. The van der Waals surface area contributed by atoms with Crippen molar-refractivity contribution in [3.8, 4) is 16.9 Å². The van der Waals surface area contributed by atoms with Crippen LogP contribution in [0.5, 0.6) is 0 Å². The number of nitrogens with zero attached hydrogens (tertiary/aromatic N) is 2. The van der Waals surface area contributed by atoms with Gasteiger partial charge in [-0.25, -0.2) is 13.9 Å². The highest BCUT2D eigenvalue weighted by molar-refractivity contribution is 5.87. The topological polar surface area (TPSA) is 81.1 Å². The number of carbonyl (C=O) groups is 1. The second kappa shape index (κ2) is 5.33. The number of carboxylic acid groups (broad SMARTS) is 1.